The fourth-order valence-corrected chi connectivity index (χ4v) is 1.32. The lowest BCUT2D eigenvalue weighted by molar-refractivity contribution is 0.893. The summed E-state index contributed by atoms with van der Waals surface area (Å²) in [5, 5.41) is 0. The molecule has 0 aliphatic heterocycles. The smallest absolute Gasteiger partial charge is 0.0247 e. The van der Waals surface area contributed by atoms with Gasteiger partial charge in [-0.1, -0.05) is 58.9 Å². The maximum absolute atomic E-state index is 4.02. The second-order valence-electron chi connectivity index (χ2n) is 3.11. The molecular weight excluding hydrogens is 168 g/mol. The second-order valence-corrected chi connectivity index (χ2v) is 3.11. The molecule has 0 aliphatic carbocycles. The molecule has 0 amide bonds. The molecule has 0 heteroatoms. The number of allylic oxidation sites excluding steroid dienone is 4. The van der Waals surface area contributed by atoms with Gasteiger partial charge in [-0.2, -0.15) is 0 Å². The van der Waals surface area contributed by atoms with Gasteiger partial charge in [-0.05, 0) is 30.9 Å². The van der Waals surface area contributed by atoms with Crippen LogP contribution in [0.2, 0.25) is 0 Å². The van der Waals surface area contributed by atoms with E-state index in [9.17, 15) is 0 Å². The van der Waals surface area contributed by atoms with E-state index >= 15 is 0 Å². The van der Waals surface area contributed by atoms with E-state index in [-0.39, 0.29) is 0 Å². The molecule has 82 valence electrons. The lowest BCUT2D eigenvalue weighted by atomic mass is 9.98. The fraction of sp³-hybridized carbons (Fsp3) is 0.571. The molecule has 0 radical (unpaired) electrons. The van der Waals surface area contributed by atoms with Crippen LogP contribution in [0.5, 0.6) is 0 Å². The van der Waals surface area contributed by atoms with Crippen molar-refractivity contribution in [2.45, 2.75) is 53.9 Å². The number of rotatable bonds is 5. The summed E-state index contributed by atoms with van der Waals surface area (Å²) in [5.41, 5.74) is 3.88. The molecule has 0 unspecified atom stereocenters. The Morgan fingerprint density at radius 2 is 1.71 bits per heavy atom. The monoisotopic (exact) mass is 194 g/mol. The molecule has 0 rings (SSSR count). The quantitative estimate of drug-likeness (QED) is 0.522. The van der Waals surface area contributed by atoms with Crippen molar-refractivity contribution in [1.82, 2.24) is 0 Å². The highest BCUT2D eigenvalue weighted by Crippen LogP contribution is 2.20. The van der Waals surface area contributed by atoms with E-state index in [4.69, 9.17) is 0 Å². The molecule has 0 saturated heterocycles. The van der Waals surface area contributed by atoms with E-state index in [0.29, 0.717) is 0 Å². The normalized spacial score (nSPS) is 10.9. The van der Waals surface area contributed by atoms with Gasteiger partial charge in [0.05, 0.1) is 0 Å². The first-order chi connectivity index (χ1) is 6.67. The minimum atomic E-state index is 1.02. The molecule has 0 aromatic heterocycles. The average Bonchev–Trinajstić information content (AvgIpc) is 2.22. The molecule has 0 aromatic rings. The van der Waals surface area contributed by atoms with Crippen molar-refractivity contribution in [2.75, 3.05) is 0 Å². The van der Waals surface area contributed by atoms with Crippen molar-refractivity contribution in [3.05, 3.63) is 36.0 Å². The first-order valence-corrected chi connectivity index (χ1v) is 5.67. The van der Waals surface area contributed by atoms with Crippen LogP contribution in [0.15, 0.2) is 36.0 Å². The third-order valence-corrected chi connectivity index (χ3v) is 2.10. The predicted octanol–water partition coefficient (Wildman–Crippen LogP) is 5.28. The maximum Gasteiger partial charge on any atom is -0.0247 e. The molecule has 0 fully saturated rings. The lowest BCUT2D eigenvalue weighted by Crippen LogP contribution is -1.88. The highest BCUT2D eigenvalue weighted by atomic mass is 14.1. The molecule has 0 aliphatic rings. The van der Waals surface area contributed by atoms with Crippen LogP contribution in [0.4, 0.5) is 0 Å². The molecule has 0 nitrogen and oxygen atoms in total. The summed E-state index contributed by atoms with van der Waals surface area (Å²) < 4.78 is 0. The maximum atomic E-state index is 4.02. The Balaban J connectivity index is 0. The van der Waals surface area contributed by atoms with E-state index in [2.05, 4.69) is 33.9 Å². The Bertz CT molecular complexity index is 194. The zero-order valence-corrected chi connectivity index (χ0v) is 10.6. The highest BCUT2D eigenvalue weighted by Gasteiger charge is 2.00. The molecule has 0 N–H and O–H groups in total. The third kappa shape index (κ3) is 5.80. The molecule has 14 heavy (non-hydrogen) atoms. The summed E-state index contributed by atoms with van der Waals surface area (Å²) in [6, 6.07) is 0. The van der Waals surface area contributed by atoms with Crippen molar-refractivity contribution in [3.63, 3.8) is 0 Å². The van der Waals surface area contributed by atoms with Crippen molar-refractivity contribution < 1.29 is 0 Å². The van der Waals surface area contributed by atoms with Crippen LogP contribution in [0.25, 0.3) is 0 Å². The van der Waals surface area contributed by atoms with Gasteiger partial charge >= 0.3 is 0 Å². The minimum Gasteiger partial charge on any atom is -0.0985 e. The molecular formula is C14H26. The van der Waals surface area contributed by atoms with Gasteiger partial charge in [0.15, 0.2) is 0 Å². The largest absolute Gasteiger partial charge is 0.0985 e. The van der Waals surface area contributed by atoms with Crippen LogP contribution in [0, 0.1) is 0 Å². The van der Waals surface area contributed by atoms with Crippen molar-refractivity contribution in [2.24, 2.45) is 0 Å². The van der Waals surface area contributed by atoms with Crippen molar-refractivity contribution >= 4 is 0 Å². The standard InChI is InChI=1S/C12H20.C2H6/c1-6-9-11(5)12(8-3)10(4)7-2;1-2/h8H,3-4,6-7,9H2,1-2,5H3;1-2H3/b12-11-;. The number of hydrogen-bond acceptors (Lipinski definition) is 0. The van der Waals surface area contributed by atoms with Gasteiger partial charge in [0, 0.05) is 0 Å². The third-order valence-electron chi connectivity index (χ3n) is 2.10. The summed E-state index contributed by atoms with van der Waals surface area (Å²) in [6.07, 6.45) is 5.29. The molecule has 0 bridgehead atoms. The topological polar surface area (TPSA) is 0 Å². The van der Waals surface area contributed by atoms with Gasteiger partial charge in [-0.25, -0.2) is 0 Å². The summed E-state index contributed by atoms with van der Waals surface area (Å²) in [4.78, 5) is 0. The Kier molecular flexibility index (Phi) is 11.5. The predicted molar refractivity (Wildman–Crippen MR) is 68.6 cm³/mol. The first-order valence-electron chi connectivity index (χ1n) is 5.67. The van der Waals surface area contributed by atoms with Crippen LogP contribution in [-0.4, -0.2) is 0 Å². The van der Waals surface area contributed by atoms with E-state index in [1.807, 2.05) is 19.9 Å². The molecule has 0 atom stereocenters. The van der Waals surface area contributed by atoms with Crippen LogP contribution >= 0.6 is 0 Å². The second kappa shape index (κ2) is 10.3. The average molecular weight is 194 g/mol. The summed E-state index contributed by atoms with van der Waals surface area (Å²) in [5.74, 6) is 0. The molecule has 0 aromatic carbocycles. The van der Waals surface area contributed by atoms with Gasteiger partial charge in [0.25, 0.3) is 0 Å². The molecule has 0 spiro atoms. The van der Waals surface area contributed by atoms with E-state index < -0.39 is 0 Å². The fourth-order valence-electron chi connectivity index (χ4n) is 1.32. The lowest BCUT2D eigenvalue weighted by Gasteiger charge is -2.08. The SMILES string of the molecule is C=C/C(C(=C)CC)=C(\C)CCC.CC. The van der Waals surface area contributed by atoms with E-state index in [1.54, 1.807) is 0 Å². The molecule has 0 saturated carbocycles. The van der Waals surface area contributed by atoms with Crippen molar-refractivity contribution in [1.29, 1.82) is 0 Å². The van der Waals surface area contributed by atoms with Crippen LogP contribution in [-0.2, 0) is 0 Å². The molecule has 0 heterocycles. The van der Waals surface area contributed by atoms with E-state index in [1.165, 1.54) is 23.1 Å². The highest BCUT2D eigenvalue weighted by molar-refractivity contribution is 5.40. The minimum absolute atomic E-state index is 1.02. The summed E-state index contributed by atoms with van der Waals surface area (Å²) in [7, 11) is 0. The van der Waals surface area contributed by atoms with Gasteiger partial charge < -0.3 is 0 Å². The Labute approximate surface area is 90.4 Å². The Morgan fingerprint density at radius 3 is 2.00 bits per heavy atom. The van der Waals surface area contributed by atoms with Crippen LogP contribution < -0.4 is 0 Å². The van der Waals surface area contributed by atoms with Gasteiger partial charge in [-0.15, -0.1) is 0 Å². The van der Waals surface area contributed by atoms with E-state index in [0.717, 1.165) is 12.8 Å². The van der Waals surface area contributed by atoms with Crippen LogP contribution in [0.3, 0.4) is 0 Å². The first kappa shape index (κ1) is 15.7. The summed E-state index contributed by atoms with van der Waals surface area (Å²) >= 11 is 0. The Morgan fingerprint density at radius 1 is 1.21 bits per heavy atom. The van der Waals surface area contributed by atoms with Crippen molar-refractivity contribution in [3.8, 4) is 0 Å². The Hall–Kier alpha value is -0.780. The number of hydrogen-bond donors (Lipinski definition) is 0. The van der Waals surface area contributed by atoms with Gasteiger partial charge in [0.1, 0.15) is 0 Å². The van der Waals surface area contributed by atoms with Gasteiger partial charge in [0.2, 0.25) is 0 Å². The zero-order valence-electron chi connectivity index (χ0n) is 10.6. The zero-order chi connectivity index (χ0) is 11.6. The van der Waals surface area contributed by atoms with Gasteiger partial charge in [-0.3, -0.25) is 0 Å². The van der Waals surface area contributed by atoms with Crippen LogP contribution in [0.1, 0.15) is 53.9 Å². The summed E-state index contributed by atoms with van der Waals surface area (Å²) in [6.45, 7) is 18.3.